The molecule has 0 unspecified atom stereocenters. The molecule has 43 heavy (non-hydrogen) atoms. The topological polar surface area (TPSA) is 103 Å². The Bertz CT molecular complexity index is 1490. The predicted octanol–water partition coefficient (Wildman–Crippen LogP) is 4.82. The number of sulfonamides is 1. The molecule has 3 heterocycles. The maximum absolute atomic E-state index is 14.0. The van der Waals surface area contributed by atoms with Crippen LogP contribution in [0.3, 0.4) is 0 Å². The van der Waals surface area contributed by atoms with Crippen LogP contribution in [0.25, 0.3) is 0 Å². The SMILES string of the molecule is COc1cc(Nc2ccnc(Nc3ccc(S(=O)(=O)N(CCN4CCCC4)C4CCN(C5CC5)CC4)cc3)n2)ccc1F. The van der Waals surface area contributed by atoms with E-state index < -0.39 is 15.8 Å². The number of anilines is 4. The number of methoxy groups -OCH3 is 1. The Labute approximate surface area is 253 Å². The van der Waals surface area contributed by atoms with Crippen LogP contribution < -0.4 is 15.4 Å². The van der Waals surface area contributed by atoms with Crippen molar-refractivity contribution in [3.8, 4) is 5.75 Å². The van der Waals surface area contributed by atoms with Gasteiger partial charge in [-0.25, -0.2) is 17.8 Å². The summed E-state index contributed by atoms with van der Waals surface area (Å²) in [6.07, 6.45) is 8.28. The van der Waals surface area contributed by atoms with E-state index in [9.17, 15) is 12.8 Å². The van der Waals surface area contributed by atoms with Gasteiger partial charge in [-0.15, -0.1) is 0 Å². The number of likely N-dealkylation sites (tertiary alicyclic amines) is 2. The number of rotatable bonds is 12. The number of ether oxygens (including phenoxy) is 1. The lowest BCUT2D eigenvalue weighted by atomic mass is 10.0. The van der Waals surface area contributed by atoms with Crippen LogP contribution in [0.1, 0.15) is 38.5 Å². The summed E-state index contributed by atoms with van der Waals surface area (Å²) in [7, 11) is -2.26. The molecule has 6 rings (SSSR count). The van der Waals surface area contributed by atoms with Crippen molar-refractivity contribution in [3.63, 3.8) is 0 Å². The van der Waals surface area contributed by atoms with Crippen LogP contribution in [0.2, 0.25) is 0 Å². The van der Waals surface area contributed by atoms with Gasteiger partial charge in [0.25, 0.3) is 0 Å². The molecule has 12 heteroatoms. The van der Waals surface area contributed by atoms with Crippen LogP contribution in [-0.4, -0.2) is 91.0 Å². The number of nitrogens with one attached hydrogen (secondary N) is 2. The van der Waals surface area contributed by atoms with Crippen molar-refractivity contribution in [2.75, 3.05) is 57.0 Å². The molecule has 3 aliphatic rings. The minimum atomic E-state index is -3.67. The quantitative estimate of drug-likeness (QED) is 0.299. The van der Waals surface area contributed by atoms with E-state index >= 15 is 0 Å². The first-order valence-corrected chi connectivity index (χ1v) is 16.6. The van der Waals surface area contributed by atoms with Crippen molar-refractivity contribution in [1.82, 2.24) is 24.1 Å². The Balaban J connectivity index is 1.13. The summed E-state index contributed by atoms with van der Waals surface area (Å²) in [5, 5.41) is 6.27. The molecule has 2 aromatic carbocycles. The average molecular weight is 610 g/mol. The standard InChI is InChI=1S/C31H40FN7O3S/c1-42-29-22-24(6-11-28(29)32)34-30-12-15-33-31(36-30)35-23-4-9-27(10-5-23)43(40,41)39(21-20-37-16-2-3-17-37)26-13-18-38(19-14-26)25-7-8-25/h4-6,9-12,15,22,25-26H,2-3,7-8,13-14,16-21H2,1H3,(H2,33,34,35,36). The molecule has 2 aliphatic heterocycles. The third-order valence-corrected chi connectivity index (χ3v) is 10.6. The van der Waals surface area contributed by atoms with Crippen molar-refractivity contribution in [3.05, 3.63) is 60.5 Å². The third kappa shape index (κ3) is 7.26. The minimum absolute atomic E-state index is 0.0186. The van der Waals surface area contributed by atoms with Gasteiger partial charge in [-0.2, -0.15) is 9.29 Å². The van der Waals surface area contributed by atoms with Gasteiger partial charge in [0, 0.05) is 48.8 Å². The summed E-state index contributed by atoms with van der Waals surface area (Å²) in [6, 6.07) is 13.7. The second-order valence-electron chi connectivity index (χ2n) is 11.6. The Morgan fingerprint density at radius 1 is 0.953 bits per heavy atom. The summed E-state index contributed by atoms with van der Waals surface area (Å²) in [5.74, 6) is 0.527. The van der Waals surface area contributed by atoms with Crippen LogP contribution in [-0.2, 0) is 10.0 Å². The maximum atomic E-state index is 14.0. The summed E-state index contributed by atoms with van der Waals surface area (Å²) in [6.45, 7) is 5.32. The first-order valence-electron chi connectivity index (χ1n) is 15.2. The van der Waals surface area contributed by atoms with Crippen molar-refractivity contribution in [1.29, 1.82) is 0 Å². The molecule has 230 valence electrons. The molecule has 2 N–H and O–H groups in total. The molecule has 2 saturated heterocycles. The average Bonchev–Trinajstić information content (AvgIpc) is 3.74. The normalized spacial score (nSPS) is 18.7. The van der Waals surface area contributed by atoms with Crippen molar-refractivity contribution < 1.29 is 17.5 Å². The number of piperidine rings is 1. The monoisotopic (exact) mass is 609 g/mol. The van der Waals surface area contributed by atoms with Gasteiger partial charge in [0.05, 0.1) is 12.0 Å². The number of nitrogens with zero attached hydrogens (tertiary/aromatic N) is 5. The van der Waals surface area contributed by atoms with E-state index in [0.717, 1.165) is 45.6 Å². The van der Waals surface area contributed by atoms with E-state index in [2.05, 4.69) is 30.4 Å². The molecule has 1 aliphatic carbocycles. The maximum Gasteiger partial charge on any atom is 0.243 e. The number of aromatic nitrogens is 2. The molecular weight excluding hydrogens is 569 g/mol. The summed E-state index contributed by atoms with van der Waals surface area (Å²) >= 11 is 0. The summed E-state index contributed by atoms with van der Waals surface area (Å²) in [4.78, 5) is 14.0. The molecule has 3 fully saturated rings. The van der Waals surface area contributed by atoms with Gasteiger partial charge in [0.1, 0.15) is 5.82 Å². The third-order valence-electron chi connectivity index (χ3n) is 8.60. The van der Waals surface area contributed by atoms with Crippen molar-refractivity contribution in [2.45, 2.75) is 55.5 Å². The molecule has 0 radical (unpaired) electrons. The molecule has 0 spiro atoms. The second-order valence-corrected chi connectivity index (χ2v) is 13.4. The fourth-order valence-electron chi connectivity index (χ4n) is 6.07. The van der Waals surface area contributed by atoms with E-state index in [1.54, 1.807) is 53.0 Å². The zero-order chi connectivity index (χ0) is 29.8. The van der Waals surface area contributed by atoms with Gasteiger partial charge in [-0.05, 0) is 107 Å². The molecule has 3 aromatic rings. The zero-order valence-electron chi connectivity index (χ0n) is 24.6. The van der Waals surface area contributed by atoms with Gasteiger partial charge in [-0.3, -0.25) is 0 Å². The highest BCUT2D eigenvalue weighted by Gasteiger charge is 2.37. The fraction of sp³-hybridized carbons (Fsp3) is 0.484. The molecule has 0 atom stereocenters. The lowest BCUT2D eigenvalue weighted by Crippen LogP contribution is -2.49. The Morgan fingerprint density at radius 3 is 2.37 bits per heavy atom. The van der Waals surface area contributed by atoms with Crippen LogP contribution in [0.5, 0.6) is 5.75 Å². The highest BCUT2D eigenvalue weighted by Crippen LogP contribution is 2.32. The number of hydrogen-bond donors (Lipinski definition) is 2. The van der Waals surface area contributed by atoms with Crippen LogP contribution >= 0.6 is 0 Å². The van der Waals surface area contributed by atoms with Crippen LogP contribution in [0.4, 0.5) is 27.5 Å². The van der Waals surface area contributed by atoms with E-state index in [4.69, 9.17) is 4.74 Å². The number of hydrogen-bond acceptors (Lipinski definition) is 9. The summed E-state index contributed by atoms with van der Waals surface area (Å²) < 4.78 is 48.7. The first-order chi connectivity index (χ1) is 20.9. The van der Waals surface area contributed by atoms with E-state index in [1.165, 1.54) is 38.9 Å². The lowest BCUT2D eigenvalue weighted by molar-refractivity contribution is 0.146. The smallest absolute Gasteiger partial charge is 0.243 e. The largest absolute Gasteiger partial charge is 0.494 e. The highest BCUT2D eigenvalue weighted by atomic mass is 32.2. The zero-order valence-corrected chi connectivity index (χ0v) is 25.4. The summed E-state index contributed by atoms with van der Waals surface area (Å²) in [5.41, 5.74) is 1.28. The van der Waals surface area contributed by atoms with Gasteiger partial charge < -0.3 is 25.2 Å². The predicted molar refractivity (Wildman–Crippen MR) is 165 cm³/mol. The second kappa shape index (κ2) is 13.1. The highest BCUT2D eigenvalue weighted by molar-refractivity contribution is 7.89. The molecule has 0 amide bonds. The first kappa shape index (κ1) is 29.7. The van der Waals surface area contributed by atoms with E-state index in [-0.39, 0.29) is 11.8 Å². The Hall–Kier alpha value is -3.32. The van der Waals surface area contributed by atoms with Crippen LogP contribution in [0.15, 0.2) is 59.6 Å². The van der Waals surface area contributed by atoms with Gasteiger partial charge in [-0.1, -0.05) is 0 Å². The molecule has 1 aromatic heterocycles. The van der Waals surface area contributed by atoms with E-state index in [1.807, 2.05) is 0 Å². The van der Waals surface area contributed by atoms with Gasteiger partial charge in [0.15, 0.2) is 11.6 Å². The minimum Gasteiger partial charge on any atom is -0.494 e. The van der Waals surface area contributed by atoms with Crippen molar-refractivity contribution in [2.24, 2.45) is 0 Å². The van der Waals surface area contributed by atoms with E-state index in [0.29, 0.717) is 40.6 Å². The molecule has 1 saturated carbocycles. The fourth-order valence-corrected chi connectivity index (χ4v) is 7.75. The molecule has 10 nitrogen and oxygen atoms in total. The Kier molecular flexibility index (Phi) is 9.08. The lowest BCUT2D eigenvalue weighted by Gasteiger charge is -2.38. The van der Waals surface area contributed by atoms with Crippen LogP contribution in [0, 0.1) is 5.82 Å². The number of benzene rings is 2. The molecule has 0 bridgehead atoms. The van der Waals surface area contributed by atoms with Gasteiger partial charge >= 0.3 is 0 Å². The van der Waals surface area contributed by atoms with Gasteiger partial charge in [0.2, 0.25) is 16.0 Å². The molecular formula is C31H40FN7O3S. The Morgan fingerprint density at radius 2 is 1.67 bits per heavy atom. The number of halogens is 1. The van der Waals surface area contributed by atoms with Crippen molar-refractivity contribution >= 4 is 33.2 Å².